The van der Waals surface area contributed by atoms with E-state index in [4.69, 9.17) is 0 Å². The van der Waals surface area contributed by atoms with Crippen LogP contribution >= 0.6 is 11.8 Å². The van der Waals surface area contributed by atoms with Gasteiger partial charge in [-0.3, -0.25) is 0 Å². The standard InChI is InChI=1S/C19H21N3OS/c1-22(13-14-7-9-17(24-2)10-8-14)19(23)20-12-16-11-15-5-3-4-6-18(15)21-16/h3-11,21H,12-13H2,1-2H3,(H,20,23). The number of aromatic nitrogens is 1. The molecule has 5 heteroatoms. The van der Waals surface area contributed by atoms with Crippen molar-refractivity contribution in [2.24, 2.45) is 0 Å². The first-order chi connectivity index (χ1) is 11.7. The van der Waals surface area contributed by atoms with Gasteiger partial charge in [-0.05, 0) is 41.5 Å². The van der Waals surface area contributed by atoms with Crippen LogP contribution in [0.5, 0.6) is 0 Å². The van der Waals surface area contributed by atoms with E-state index in [-0.39, 0.29) is 6.03 Å². The van der Waals surface area contributed by atoms with Crippen molar-refractivity contribution in [3.8, 4) is 0 Å². The van der Waals surface area contributed by atoms with Crippen LogP contribution in [-0.2, 0) is 13.1 Å². The predicted octanol–water partition coefficient (Wildman–Crippen LogP) is 4.23. The van der Waals surface area contributed by atoms with Gasteiger partial charge in [0.25, 0.3) is 0 Å². The van der Waals surface area contributed by atoms with Gasteiger partial charge in [-0.2, -0.15) is 0 Å². The largest absolute Gasteiger partial charge is 0.357 e. The van der Waals surface area contributed by atoms with Crippen molar-refractivity contribution in [3.05, 3.63) is 65.9 Å². The molecule has 2 amide bonds. The Labute approximate surface area is 146 Å². The van der Waals surface area contributed by atoms with Crippen molar-refractivity contribution in [3.63, 3.8) is 0 Å². The lowest BCUT2D eigenvalue weighted by molar-refractivity contribution is 0.206. The van der Waals surface area contributed by atoms with Crippen LogP contribution in [0.25, 0.3) is 10.9 Å². The number of amides is 2. The summed E-state index contributed by atoms with van der Waals surface area (Å²) in [5.41, 5.74) is 3.21. The molecule has 0 fully saturated rings. The number of thioether (sulfide) groups is 1. The molecule has 2 N–H and O–H groups in total. The number of nitrogens with one attached hydrogen (secondary N) is 2. The van der Waals surface area contributed by atoms with Crippen LogP contribution in [0.1, 0.15) is 11.3 Å². The number of fused-ring (bicyclic) bond motifs is 1. The van der Waals surface area contributed by atoms with E-state index in [0.717, 1.165) is 22.2 Å². The number of benzene rings is 2. The number of rotatable bonds is 5. The summed E-state index contributed by atoms with van der Waals surface area (Å²) in [7, 11) is 1.81. The van der Waals surface area contributed by atoms with Gasteiger partial charge < -0.3 is 15.2 Å². The highest BCUT2D eigenvalue weighted by atomic mass is 32.2. The fourth-order valence-corrected chi connectivity index (χ4v) is 3.02. The Morgan fingerprint density at radius 1 is 1.17 bits per heavy atom. The van der Waals surface area contributed by atoms with Gasteiger partial charge in [-0.15, -0.1) is 11.8 Å². The highest BCUT2D eigenvalue weighted by Gasteiger charge is 2.09. The molecule has 1 aromatic heterocycles. The maximum atomic E-state index is 12.3. The molecule has 0 bridgehead atoms. The minimum absolute atomic E-state index is 0.0809. The number of carbonyl (C=O) groups excluding carboxylic acids is 1. The molecule has 4 nitrogen and oxygen atoms in total. The maximum Gasteiger partial charge on any atom is 0.317 e. The second-order valence-electron chi connectivity index (χ2n) is 5.74. The van der Waals surface area contributed by atoms with Crippen molar-refractivity contribution in [1.29, 1.82) is 0 Å². The Morgan fingerprint density at radius 2 is 1.92 bits per heavy atom. The van der Waals surface area contributed by atoms with E-state index in [1.165, 1.54) is 4.90 Å². The number of aromatic amines is 1. The number of H-pyrrole nitrogens is 1. The fourth-order valence-electron chi connectivity index (χ4n) is 2.61. The van der Waals surface area contributed by atoms with Crippen LogP contribution < -0.4 is 5.32 Å². The number of hydrogen-bond donors (Lipinski definition) is 2. The first-order valence-corrected chi connectivity index (χ1v) is 9.07. The fraction of sp³-hybridized carbons (Fsp3) is 0.211. The van der Waals surface area contributed by atoms with Crippen LogP contribution in [-0.4, -0.2) is 29.2 Å². The van der Waals surface area contributed by atoms with Crippen LogP contribution in [0, 0.1) is 0 Å². The molecule has 0 radical (unpaired) electrons. The number of nitrogens with zero attached hydrogens (tertiary/aromatic N) is 1. The highest BCUT2D eigenvalue weighted by Crippen LogP contribution is 2.16. The van der Waals surface area contributed by atoms with Gasteiger partial charge >= 0.3 is 6.03 Å². The predicted molar refractivity (Wildman–Crippen MR) is 100 cm³/mol. The summed E-state index contributed by atoms with van der Waals surface area (Å²) in [5, 5.41) is 4.11. The number of para-hydroxylation sites is 1. The zero-order chi connectivity index (χ0) is 16.9. The van der Waals surface area contributed by atoms with Crippen molar-refractivity contribution in [2.45, 2.75) is 18.0 Å². The second-order valence-corrected chi connectivity index (χ2v) is 6.62. The first kappa shape index (κ1) is 16.5. The molecule has 0 unspecified atom stereocenters. The molecule has 0 saturated carbocycles. The summed E-state index contributed by atoms with van der Waals surface area (Å²) in [5.74, 6) is 0. The van der Waals surface area contributed by atoms with Crippen LogP contribution in [0.3, 0.4) is 0 Å². The number of hydrogen-bond acceptors (Lipinski definition) is 2. The molecule has 0 atom stereocenters. The van der Waals surface area contributed by atoms with Gasteiger partial charge in [-0.25, -0.2) is 4.79 Å². The van der Waals surface area contributed by atoms with Gasteiger partial charge in [0, 0.05) is 29.7 Å². The first-order valence-electron chi connectivity index (χ1n) is 7.84. The zero-order valence-electron chi connectivity index (χ0n) is 13.9. The van der Waals surface area contributed by atoms with Gasteiger partial charge in [0.2, 0.25) is 0 Å². The molecular weight excluding hydrogens is 318 g/mol. The molecule has 3 rings (SSSR count). The van der Waals surface area contributed by atoms with Crippen LogP contribution in [0.4, 0.5) is 4.79 Å². The average molecular weight is 339 g/mol. The molecule has 0 aliphatic heterocycles. The SMILES string of the molecule is CSc1ccc(CN(C)C(=O)NCc2cc3ccccc3[nH]2)cc1. The molecule has 1 heterocycles. The second kappa shape index (κ2) is 7.45. The van der Waals surface area contributed by atoms with E-state index in [1.54, 1.807) is 16.7 Å². The molecule has 0 aliphatic carbocycles. The molecule has 0 aliphatic rings. The molecule has 2 aromatic carbocycles. The summed E-state index contributed by atoms with van der Waals surface area (Å²) in [4.78, 5) is 18.5. The van der Waals surface area contributed by atoms with E-state index in [9.17, 15) is 4.79 Å². The maximum absolute atomic E-state index is 12.3. The Hall–Kier alpha value is -2.40. The van der Waals surface area contributed by atoms with Crippen molar-refractivity contribution >= 4 is 28.7 Å². The minimum atomic E-state index is -0.0809. The van der Waals surface area contributed by atoms with Crippen LogP contribution in [0.15, 0.2) is 59.5 Å². The lowest BCUT2D eigenvalue weighted by atomic mass is 10.2. The number of carbonyl (C=O) groups is 1. The third-order valence-corrected chi connectivity index (χ3v) is 4.68. The van der Waals surface area contributed by atoms with Crippen LogP contribution in [0.2, 0.25) is 0 Å². The van der Waals surface area contributed by atoms with Gasteiger partial charge in [0.15, 0.2) is 0 Å². The quantitative estimate of drug-likeness (QED) is 0.683. The topological polar surface area (TPSA) is 48.1 Å². The smallest absolute Gasteiger partial charge is 0.317 e. The summed E-state index contributed by atoms with van der Waals surface area (Å²) < 4.78 is 0. The summed E-state index contributed by atoms with van der Waals surface area (Å²) in [6.07, 6.45) is 2.05. The third kappa shape index (κ3) is 3.92. The average Bonchev–Trinajstić information content (AvgIpc) is 3.03. The Bertz CT molecular complexity index is 793. The molecule has 124 valence electrons. The van der Waals surface area contributed by atoms with E-state index >= 15 is 0 Å². The number of urea groups is 1. The third-order valence-electron chi connectivity index (χ3n) is 3.94. The van der Waals surface area contributed by atoms with Crippen molar-refractivity contribution in [2.75, 3.05) is 13.3 Å². The van der Waals surface area contributed by atoms with E-state index in [0.29, 0.717) is 13.1 Å². The van der Waals surface area contributed by atoms with E-state index < -0.39 is 0 Å². The van der Waals surface area contributed by atoms with Gasteiger partial charge in [-0.1, -0.05) is 30.3 Å². The molecule has 0 saturated heterocycles. The monoisotopic (exact) mass is 339 g/mol. The highest BCUT2D eigenvalue weighted by molar-refractivity contribution is 7.98. The summed E-state index contributed by atoms with van der Waals surface area (Å²) in [6.45, 7) is 1.08. The molecule has 24 heavy (non-hydrogen) atoms. The summed E-state index contributed by atoms with van der Waals surface area (Å²) >= 11 is 1.71. The summed E-state index contributed by atoms with van der Waals surface area (Å²) in [6, 6.07) is 18.4. The normalized spacial score (nSPS) is 10.8. The molecular formula is C19H21N3OS. The lowest BCUT2D eigenvalue weighted by Gasteiger charge is -2.18. The van der Waals surface area contributed by atoms with Crippen molar-refractivity contribution in [1.82, 2.24) is 15.2 Å². The Kier molecular flexibility index (Phi) is 5.11. The van der Waals surface area contributed by atoms with Gasteiger partial charge in [0.1, 0.15) is 0 Å². The van der Waals surface area contributed by atoms with E-state index in [1.807, 2.05) is 25.2 Å². The molecule has 3 aromatic rings. The van der Waals surface area contributed by atoms with E-state index in [2.05, 4.69) is 53.0 Å². The zero-order valence-corrected chi connectivity index (χ0v) is 14.7. The van der Waals surface area contributed by atoms with Crippen molar-refractivity contribution < 1.29 is 4.79 Å². The van der Waals surface area contributed by atoms with Gasteiger partial charge in [0.05, 0.1) is 6.54 Å². The Morgan fingerprint density at radius 3 is 2.62 bits per heavy atom. The lowest BCUT2D eigenvalue weighted by Crippen LogP contribution is -2.36. The minimum Gasteiger partial charge on any atom is -0.357 e. The molecule has 0 spiro atoms. The Balaban J connectivity index is 1.55.